The van der Waals surface area contributed by atoms with Crippen molar-refractivity contribution in [2.24, 2.45) is 0 Å². The Morgan fingerprint density at radius 2 is 1.70 bits per heavy atom. The molecule has 2 rings (SSSR count). The second-order valence-corrected chi connectivity index (χ2v) is 4.37. The third-order valence-electron chi connectivity index (χ3n) is 3.10. The molecule has 0 amide bonds. The van der Waals surface area contributed by atoms with Crippen LogP contribution in [0.1, 0.15) is 11.6 Å². The number of nitrogens with one attached hydrogen (secondary N) is 1. The smallest absolute Gasteiger partial charge is 0.314 e. The summed E-state index contributed by atoms with van der Waals surface area (Å²) in [6.45, 7) is 1.06. The minimum Gasteiger partial charge on any atom is -0.314 e. The van der Waals surface area contributed by atoms with Gasteiger partial charge in [0.2, 0.25) is 0 Å². The van der Waals surface area contributed by atoms with E-state index >= 15 is 0 Å². The molecule has 1 atom stereocenters. The van der Waals surface area contributed by atoms with Crippen molar-refractivity contribution in [3.63, 3.8) is 0 Å². The van der Waals surface area contributed by atoms with Crippen molar-refractivity contribution in [3.8, 4) is 0 Å². The molecule has 1 fully saturated rings. The Labute approximate surface area is 119 Å². The highest BCUT2D eigenvalue weighted by Gasteiger charge is 2.46. The van der Waals surface area contributed by atoms with Crippen molar-refractivity contribution < 1.29 is 22.0 Å². The van der Waals surface area contributed by atoms with Gasteiger partial charge in [-0.15, -0.1) is 12.4 Å². The Morgan fingerprint density at radius 3 is 2.25 bits per heavy atom. The molecule has 20 heavy (non-hydrogen) atoms. The first-order chi connectivity index (χ1) is 8.91. The zero-order valence-corrected chi connectivity index (χ0v) is 11.2. The van der Waals surface area contributed by atoms with E-state index in [4.69, 9.17) is 0 Å². The molecule has 0 spiro atoms. The number of halogens is 6. The van der Waals surface area contributed by atoms with Crippen molar-refractivity contribution in [2.45, 2.75) is 12.2 Å². The zero-order valence-electron chi connectivity index (χ0n) is 10.4. The van der Waals surface area contributed by atoms with E-state index in [0.29, 0.717) is 13.1 Å². The lowest BCUT2D eigenvalue weighted by atomic mass is 10.0. The maximum atomic E-state index is 13.6. The predicted molar refractivity (Wildman–Crippen MR) is 66.8 cm³/mol. The summed E-state index contributed by atoms with van der Waals surface area (Å²) in [6.07, 6.45) is -4.65. The highest BCUT2D eigenvalue weighted by molar-refractivity contribution is 5.85. The van der Waals surface area contributed by atoms with Gasteiger partial charge >= 0.3 is 6.18 Å². The van der Waals surface area contributed by atoms with Gasteiger partial charge in [-0.05, 0) is 6.07 Å². The fourth-order valence-electron chi connectivity index (χ4n) is 2.25. The lowest BCUT2D eigenvalue weighted by Crippen LogP contribution is -2.49. The van der Waals surface area contributed by atoms with Crippen molar-refractivity contribution in [1.29, 1.82) is 0 Å². The van der Waals surface area contributed by atoms with Crippen LogP contribution in [0.4, 0.5) is 22.0 Å². The van der Waals surface area contributed by atoms with Gasteiger partial charge in [-0.2, -0.15) is 13.2 Å². The molecule has 1 saturated heterocycles. The van der Waals surface area contributed by atoms with Crippen LogP contribution in [-0.4, -0.2) is 37.3 Å². The fourth-order valence-corrected chi connectivity index (χ4v) is 2.25. The van der Waals surface area contributed by atoms with E-state index < -0.39 is 29.4 Å². The Morgan fingerprint density at radius 1 is 1.10 bits per heavy atom. The number of rotatable bonds is 2. The largest absolute Gasteiger partial charge is 0.408 e. The van der Waals surface area contributed by atoms with Crippen LogP contribution in [-0.2, 0) is 0 Å². The molecule has 1 heterocycles. The third-order valence-corrected chi connectivity index (χ3v) is 3.10. The second-order valence-electron chi connectivity index (χ2n) is 4.37. The number of piperazine rings is 1. The van der Waals surface area contributed by atoms with Gasteiger partial charge in [0.15, 0.2) is 11.6 Å². The van der Waals surface area contributed by atoms with Crippen LogP contribution in [0, 0.1) is 11.6 Å². The molecule has 8 heteroatoms. The molecule has 0 aliphatic carbocycles. The first-order valence-corrected chi connectivity index (χ1v) is 5.86. The zero-order chi connectivity index (χ0) is 14.0. The summed E-state index contributed by atoms with van der Waals surface area (Å²) in [7, 11) is 0. The molecule has 0 aromatic heterocycles. The monoisotopic (exact) mass is 316 g/mol. The molecule has 0 bridgehead atoms. The molecule has 1 aromatic rings. The Bertz CT molecular complexity index is 446. The summed E-state index contributed by atoms with van der Waals surface area (Å²) >= 11 is 0. The van der Waals surface area contributed by atoms with E-state index in [9.17, 15) is 22.0 Å². The maximum absolute atomic E-state index is 13.6. The Balaban J connectivity index is 0.00000200. The van der Waals surface area contributed by atoms with E-state index in [2.05, 4.69) is 5.32 Å². The van der Waals surface area contributed by atoms with Gasteiger partial charge in [-0.25, -0.2) is 8.78 Å². The summed E-state index contributed by atoms with van der Waals surface area (Å²) in [5.74, 6) is -2.69. The molecule has 0 unspecified atom stereocenters. The van der Waals surface area contributed by atoms with Crippen LogP contribution in [0.2, 0.25) is 0 Å². The van der Waals surface area contributed by atoms with E-state index in [0.717, 1.165) is 23.1 Å². The number of nitrogens with zero attached hydrogens (tertiary/aromatic N) is 1. The average molecular weight is 317 g/mol. The van der Waals surface area contributed by atoms with Crippen LogP contribution in [0.25, 0.3) is 0 Å². The number of hydrogen-bond donors (Lipinski definition) is 1. The molecule has 1 aromatic carbocycles. The van der Waals surface area contributed by atoms with Crippen molar-refractivity contribution in [3.05, 3.63) is 35.4 Å². The first kappa shape index (κ1) is 17.1. The molecule has 1 aliphatic heterocycles. The number of benzene rings is 1. The fraction of sp³-hybridized carbons (Fsp3) is 0.500. The topological polar surface area (TPSA) is 15.3 Å². The maximum Gasteiger partial charge on any atom is 0.408 e. The van der Waals surface area contributed by atoms with Gasteiger partial charge in [-0.3, -0.25) is 4.90 Å². The van der Waals surface area contributed by atoms with Crippen molar-refractivity contribution in [1.82, 2.24) is 10.2 Å². The van der Waals surface area contributed by atoms with Gasteiger partial charge in [0, 0.05) is 31.7 Å². The van der Waals surface area contributed by atoms with Crippen LogP contribution >= 0.6 is 12.4 Å². The third kappa shape index (κ3) is 3.59. The summed E-state index contributed by atoms with van der Waals surface area (Å²) < 4.78 is 66.2. The molecular weight excluding hydrogens is 303 g/mol. The molecule has 0 radical (unpaired) electrons. The highest BCUT2D eigenvalue weighted by Crippen LogP contribution is 2.39. The lowest BCUT2D eigenvalue weighted by molar-refractivity contribution is -0.188. The normalized spacial score (nSPS) is 18.4. The summed E-state index contributed by atoms with van der Waals surface area (Å²) in [4.78, 5) is 1.12. The van der Waals surface area contributed by atoms with Gasteiger partial charge in [-0.1, -0.05) is 12.1 Å². The summed E-state index contributed by atoms with van der Waals surface area (Å²) in [5, 5.41) is 2.92. The van der Waals surface area contributed by atoms with Gasteiger partial charge in [0.05, 0.1) is 0 Å². The summed E-state index contributed by atoms with van der Waals surface area (Å²) in [5.41, 5.74) is -0.658. The van der Waals surface area contributed by atoms with Crippen LogP contribution in [0.15, 0.2) is 18.2 Å². The molecule has 114 valence electrons. The van der Waals surface area contributed by atoms with Gasteiger partial charge in [0.1, 0.15) is 6.04 Å². The average Bonchev–Trinajstić information content (AvgIpc) is 2.35. The molecular formula is C12H14ClF5N2. The lowest BCUT2D eigenvalue weighted by Gasteiger charge is -2.36. The minimum absolute atomic E-state index is 0. The van der Waals surface area contributed by atoms with E-state index in [-0.39, 0.29) is 25.5 Å². The highest BCUT2D eigenvalue weighted by atomic mass is 35.5. The van der Waals surface area contributed by atoms with Crippen LogP contribution in [0.3, 0.4) is 0 Å². The minimum atomic E-state index is -4.65. The molecule has 0 saturated carbocycles. The predicted octanol–water partition coefficient (Wildman–Crippen LogP) is 2.90. The van der Waals surface area contributed by atoms with Gasteiger partial charge in [0.25, 0.3) is 0 Å². The van der Waals surface area contributed by atoms with Crippen LogP contribution < -0.4 is 5.32 Å². The SMILES string of the molecule is Cl.Fc1cccc([C@@H](N2CCNCC2)C(F)(F)F)c1F. The van der Waals surface area contributed by atoms with E-state index in [1.165, 1.54) is 0 Å². The molecule has 2 nitrogen and oxygen atoms in total. The number of alkyl halides is 3. The molecule has 1 N–H and O–H groups in total. The Hall–Kier alpha value is -0.920. The quantitative estimate of drug-likeness (QED) is 0.844. The first-order valence-electron chi connectivity index (χ1n) is 5.86. The van der Waals surface area contributed by atoms with Crippen LogP contribution in [0.5, 0.6) is 0 Å². The summed E-state index contributed by atoms with van der Waals surface area (Å²) in [6, 6.07) is 0.780. The molecule has 1 aliphatic rings. The second kappa shape index (κ2) is 6.69. The Kier molecular flexibility index (Phi) is 5.73. The standard InChI is InChI=1S/C12H13F5N2.ClH/c13-9-3-1-2-8(10(9)14)11(12(15,16)17)19-6-4-18-5-7-19;/h1-3,11,18H,4-7H2;1H/t11-;/m1./s1. The van der Waals surface area contributed by atoms with E-state index in [1.54, 1.807) is 0 Å². The van der Waals surface area contributed by atoms with Gasteiger partial charge < -0.3 is 5.32 Å². The van der Waals surface area contributed by atoms with Crippen molar-refractivity contribution in [2.75, 3.05) is 26.2 Å². The number of hydrogen-bond acceptors (Lipinski definition) is 2. The van der Waals surface area contributed by atoms with Crippen molar-refractivity contribution >= 4 is 12.4 Å². The van der Waals surface area contributed by atoms with E-state index in [1.807, 2.05) is 0 Å².